The van der Waals surface area contributed by atoms with Gasteiger partial charge in [-0.05, 0) is 23.8 Å². The molecule has 0 aromatic heterocycles. The zero-order valence-electron chi connectivity index (χ0n) is 9.01. The summed E-state index contributed by atoms with van der Waals surface area (Å²) in [5, 5.41) is 0. The third kappa shape index (κ3) is 2.96. The van der Waals surface area contributed by atoms with Crippen LogP contribution in [-0.4, -0.2) is 8.42 Å². The fourth-order valence-corrected chi connectivity index (χ4v) is 3.54. The number of sulfone groups is 1. The highest BCUT2D eigenvalue weighted by atomic mass is 79.9. The summed E-state index contributed by atoms with van der Waals surface area (Å²) in [6, 6.07) is 15.8. The van der Waals surface area contributed by atoms with Gasteiger partial charge in [-0.2, -0.15) is 0 Å². The summed E-state index contributed by atoms with van der Waals surface area (Å²) in [6.45, 7) is 0. The summed E-state index contributed by atoms with van der Waals surface area (Å²) in [5.74, 6) is 0.0123. The van der Waals surface area contributed by atoms with Gasteiger partial charge in [-0.3, -0.25) is 0 Å². The molecule has 0 fully saturated rings. The Bertz CT molecular complexity index is 606. The van der Waals surface area contributed by atoms with Crippen molar-refractivity contribution in [3.8, 4) is 0 Å². The van der Waals surface area contributed by atoms with E-state index < -0.39 is 9.84 Å². The monoisotopic (exact) mass is 310 g/mol. The minimum absolute atomic E-state index is 0.0123. The van der Waals surface area contributed by atoms with Crippen LogP contribution in [0.25, 0.3) is 0 Å². The first kappa shape index (κ1) is 12.3. The first-order valence-electron chi connectivity index (χ1n) is 5.11. The van der Waals surface area contributed by atoms with Crippen molar-refractivity contribution in [1.82, 2.24) is 0 Å². The van der Waals surface area contributed by atoms with Crippen LogP contribution in [0, 0.1) is 0 Å². The van der Waals surface area contributed by atoms with Gasteiger partial charge in [0.2, 0.25) is 0 Å². The molecule has 0 saturated carbocycles. The first-order chi connectivity index (χ1) is 8.09. The third-order valence-electron chi connectivity index (χ3n) is 2.41. The van der Waals surface area contributed by atoms with Gasteiger partial charge in [0, 0.05) is 4.47 Å². The molecule has 0 bridgehead atoms. The topological polar surface area (TPSA) is 34.1 Å². The number of hydrogen-bond donors (Lipinski definition) is 0. The summed E-state index contributed by atoms with van der Waals surface area (Å²) < 4.78 is 25.1. The average molecular weight is 311 g/mol. The Morgan fingerprint density at radius 1 is 0.882 bits per heavy atom. The molecule has 0 heterocycles. The van der Waals surface area contributed by atoms with Crippen molar-refractivity contribution >= 4 is 25.8 Å². The normalized spacial score (nSPS) is 11.4. The molecule has 0 atom stereocenters. The quantitative estimate of drug-likeness (QED) is 0.870. The Hall–Kier alpha value is -1.13. The molecule has 4 heteroatoms. The second-order valence-corrected chi connectivity index (χ2v) is 6.51. The van der Waals surface area contributed by atoms with E-state index in [1.54, 1.807) is 30.3 Å². The van der Waals surface area contributed by atoms with E-state index in [4.69, 9.17) is 0 Å². The summed E-state index contributed by atoms with van der Waals surface area (Å²) in [7, 11) is -3.27. The van der Waals surface area contributed by atoms with Crippen LogP contribution in [0.1, 0.15) is 5.56 Å². The van der Waals surface area contributed by atoms with Crippen LogP contribution in [0.4, 0.5) is 0 Å². The van der Waals surface area contributed by atoms with Gasteiger partial charge in [0.25, 0.3) is 0 Å². The molecule has 0 N–H and O–H groups in total. The molecular weight excluding hydrogens is 300 g/mol. The molecule has 0 amide bonds. The predicted molar refractivity (Wildman–Crippen MR) is 71.5 cm³/mol. The molecule has 2 nitrogen and oxygen atoms in total. The minimum Gasteiger partial charge on any atom is -0.223 e. The van der Waals surface area contributed by atoms with Crippen molar-refractivity contribution in [3.05, 3.63) is 64.6 Å². The van der Waals surface area contributed by atoms with Gasteiger partial charge >= 0.3 is 0 Å². The zero-order chi connectivity index (χ0) is 12.3. The second kappa shape index (κ2) is 5.02. The van der Waals surface area contributed by atoms with Gasteiger partial charge in [-0.25, -0.2) is 8.42 Å². The Labute approximate surface area is 109 Å². The summed E-state index contributed by atoms with van der Waals surface area (Å²) in [4.78, 5) is 0.357. The highest BCUT2D eigenvalue weighted by molar-refractivity contribution is 9.10. The first-order valence-corrected chi connectivity index (χ1v) is 7.55. The Morgan fingerprint density at radius 2 is 1.47 bits per heavy atom. The molecule has 17 heavy (non-hydrogen) atoms. The van der Waals surface area contributed by atoms with Crippen molar-refractivity contribution in [2.45, 2.75) is 10.6 Å². The van der Waals surface area contributed by atoms with Crippen LogP contribution in [0.2, 0.25) is 0 Å². The predicted octanol–water partition coefficient (Wildman–Crippen LogP) is 3.42. The average Bonchev–Trinajstić information content (AvgIpc) is 2.33. The van der Waals surface area contributed by atoms with E-state index in [2.05, 4.69) is 15.9 Å². The molecule has 0 unspecified atom stereocenters. The highest BCUT2D eigenvalue weighted by Crippen LogP contribution is 2.22. The van der Waals surface area contributed by atoms with Gasteiger partial charge in [0.05, 0.1) is 10.6 Å². The summed E-state index contributed by atoms with van der Waals surface area (Å²) in [6.07, 6.45) is 0. The van der Waals surface area contributed by atoms with Crippen LogP contribution < -0.4 is 0 Å². The standard InChI is InChI=1S/C13H11BrO2S/c14-13-9-5-4-6-11(13)10-17(15,16)12-7-2-1-3-8-12/h1-9H,10H2. The van der Waals surface area contributed by atoms with Crippen LogP contribution in [-0.2, 0) is 15.6 Å². The van der Waals surface area contributed by atoms with Crippen molar-refractivity contribution in [3.63, 3.8) is 0 Å². The fourth-order valence-electron chi connectivity index (χ4n) is 1.53. The van der Waals surface area contributed by atoms with Crippen LogP contribution in [0.5, 0.6) is 0 Å². The molecule has 0 spiro atoms. The number of hydrogen-bond acceptors (Lipinski definition) is 2. The maximum absolute atomic E-state index is 12.1. The smallest absolute Gasteiger partial charge is 0.182 e. The second-order valence-electron chi connectivity index (χ2n) is 3.66. The van der Waals surface area contributed by atoms with E-state index in [9.17, 15) is 8.42 Å². The Kier molecular flexibility index (Phi) is 3.64. The zero-order valence-corrected chi connectivity index (χ0v) is 11.4. The van der Waals surface area contributed by atoms with Gasteiger partial charge in [-0.15, -0.1) is 0 Å². The van der Waals surface area contributed by atoms with E-state index in [0.717, 1.165) is 10.0 Å². The minimum atomic E-state index is -3.27. The maximum atomic E-state index is 12.1. The Morgan fingerprint density at radius 3 is 2.12 bits per heavy atom. The van der Waals surface area contributed by atoms with E-state index >= 15 is 0 Å². The van der Waals surface area contributed by atoms with E-state index in [1.807, 2.05) is 24.3 Å². The van der Waals surface area contributed by atoms with Gasteiger partial charge in [0.15, 0.2) is 9.84 Å². The molecule has 2 aromatic carbocycles. The molecule has 0 aliphatic carbocycles. The lowest BCUT2D eigenvalue weighted by Crippen LogP contribution is -2.05. The molecule has 0 saturated heterocycles. The molecule has 0 radical (unpaired) electrons. The third-order valence-corrected chi connectivity index (χ3v) is 4.86. The van der Waals surface area contributed by atoms with Gasteiger partial charge < -0.3 is 0 Å². The van der Waals surface area contributed by atoms with E-state index in [-0.39, 0.29) is 5.75 Å². The molecule has 88 valence electrons. The van der Waals surface area contributed by atoms with Crippen molar-refractivity contribution in [2.75, 3.05) is 0 Å². The van der Waals surface area contributed by atoms with E-state index in [1.165, 1.54) is 0 Å². The molecule has 0 aliphatic heterocycles. The fraction of sp³-hybridized carbons (Fsp3) is 0.0769. The summed E-state index contributed by atoms with van der Waals surface area (Å²) in [5.41, 5.74) is 0.774. The van der Waals surface area contributed by atoms with Crippen molar-refractivity contribution in [1.29, 1.82) is 0 Å². The van der Waals surface area contributed by atoms with Gasteiger partial charge in [0.1, 0.15) is 0 Å². The van der Waals surface area contributed by atoms with Gasteiger partial charge in [-0.1, -0.05) is 52.3 Å². The SMILES string of the molecule is O=S(=O)(Cc1ccccc1Br)c1ccccc1. The van der Waals surface area contributed by atoms with Crippen molar-refractivity contribution < 1.29 is 8.42 Å². The molecule has 2 aromatic rings. The molecular formula is C13H11BrO2S. The lowest BCUT2D eigenvalue weighted by molar-refractivity contribution is 0.595. The number of benzene rings is 2. The highest BCUT2D eigenvalue weighted by Gasteiger charge is 2.15. The van der Waals surface area contributed by atoms with Crippen LogP contribution >= 0.6 is 15.9 Å². The van der Waals surface area contributed by atoms with E-state index in [0.29, 0.717) is 4.90 Å². The molecule has 0 aliphatic rings. The molecule has 2 rings (SSSR count). The van der Waals surface area contributed by atoms with Crippen molar-refractivity contribution in [2.24, 2.45) is 0 Å². The number of rotatable bonds is 3. The summed E-state index contributed by atoms with van der Waals surface area (Å²) >= 11 is 3.36. The largest absolute Gasteiger partial charge is 0.223 e. The Balaban J connectivity index is 2.34. The maximum Gasteiger partial charge on any atom is 0.182 e. The van der Waals surface area contributed by atoms with Crippen LogP contribution in [0.15, 0.2) is 64.0 Å². The lowest BCUT2D eigenvalue weighted by atomic mass is 10.2. The lowest BCUT2D eigenvalue weighted by Gasteiger charge is -2.06. The van der Waals surface area contributed by atoms with Crippen LogP contribution in [0.3, 0.4) is 0 Å². The number of halogens is 1.